The zero-order valence-corrected chi connectivity index (χ0v) is 8.75. The summed E-state index contributed by atoms with van der Waals surface area (Å²) in [5.74, 6) is 2.08. The molecule has 3 heteroatoms. The fourth-order valence-electron chi connectivity index (χ4n) is 2.68. The Bertz CT molecular complexity index is 272. The SMILES string of the molecule is CC[C@@H]1C[C@H]1CN1CNC2(CC2)C1=O. The number of hydrogen-bond donors (Lipinski definition) is 1. The van der Waals surface area contributed by atoms with Crippen molar-refractivity contribution in [2.45, 2.75) is 38.1 Å². The molecule has 1 spiro atoms. The molecule has 1 N–H and O–H groups in total. The molecule has 0 unspecified atom stereocenters. The van der Waals surface area contributed by atoms with E-state index in [1.165, 1.54) is 12.8 Å². The standard InChI is InChI=1S/C11H18N2O/c1-2-8-5-9(8)6-13-7-12-11(3-4-11)10(13)14/h8-9,12H,2-7H2,1H3/t8-,9+/m1/s1. The number of carbonyl (C=O) groups is 1. The Labute approximate surface area is 84.8 Å². The highest BCUT2D eigenvalue weighted by atomic mass is 16.2. The molecule has 2 aliphatic carbocycles. The van der Waals surface area contributed by atoms with Gasteiger partial charge in [-0.2, -0.15) is 0 Å². The van der Waals surface area contributed by atoms with E-state index in [0.29, 0.717) is 5.91 Å². The van der Waals surface area contributed by atoms with Crippen molar-refractivity contribution in [2.75, 3.05) is 13.2 Å². The molecule has 0 aromatic rings. The van der Waals surface area contributed by atoms with Crippen LogP contribution in [0.2, 0.25) is 0 Å². The van der Waals surface area contributed by atoms with E-state index in [-0.39, 0.29) is 5.54 Å². The minimum absolute atomic E-state index is 0.0867. The lowest BCUT2D eigenvalue weighted by molar-refractivity contribution is -0.129. The number of hydrogen-bond acceptors (Lipinski definition) is 2. The molecule has 3 rings (SSSR count). The van der Waals surface area contributed by atoms with Crippen LogP contribution in [0.4, 0.5) is 0 Å². The van der Waals surface area contributed by atoms with Gasteiger partial charge >= 0.3 is 0 Å². The summed E-state index contributed by atoms with van der Waals surface area (Å²) >= 11 is 0. The Morgan fingerprint density at radius 3 is 2.79 bits per heavy atom. The van der Waals surface area contributed by atoms with Crippen molar-refractivity contribution in [3.05, 3.63) is 0 Å². The van der Waals surface area contributed by atoms with Crippen LogP contribution in [0.1, 0.15) is 32.6 Å². The van der Waals surface area contributed by atoms with E-state index in [4.69, 9.17) is 0 Å². The molecule has 3 fully saturated rings. The summed E-state index contributed by atoms with van der Waals surface area (Å²) in [6, 6.07) is 0. The van der Waals surface area contributed by atoms with E-state index < -0.39 is 0 Å². The first-order valence-corrected chi connectivity index (χ1v) is 5.79. The summed E-state index contributed by atoms with van der Waals surface area (Å²) in [5, 5.41) is 3.35. The van der Waals surface area contributed by atoms with Gasteiger partial charge in [0.25, 0.3) is 0 Å². The van der Waals surface area contributed by atoms with Crippen molar-refractivity contribution in [1.82, 2.24) is 10.2 Å². The molecular formula is C11H18N2O. The number of rotatable bonds is 3. The van der Waals surface area contributed by atoms with Crippen LogP contribution in [0.15, 0.2) is 0 Å². The van der Waals surface area contributed by atoms with Crippen molar-refractivity contribution in [3.63, 3.8) is 0 Å². The predicted octanol–water partition coefficient (Wildman–Crippen LogP) is 0.954. The average Bonchev–Trinajstić information content (AvgIpc) is 3.06. The molecule has 3 nitrogen and oxygen atoms in total. The molecule has 0 radical (unpaired) electrons. The Kier molecular flexibility index (Phi) is 1.69. The molecule has 2 saturated carbocycles. The van der Waals surface area contributed by atoms with Crippen LogP contribution in [-0.2, 0) is 4.79 Å². The van der Waals surface area contributed by atoms with Gasteiger partial charge in [-0.05, 0) is 31.1 Å². The third-order valence-electron chi connectivity index (χ3n) is 4.10. The van der Waals surface area contributed by atoms with Gasteiger partial charge in [-0.1, -0.05) is 13.3 Å². The predicted molar refractivity (Wildman–Crippen MR) is 53.6 cm³/mol. The van der Waals surface area contributed by atoms with Crippen molar-refractivity contribution >= 4 is 5.91 Å². The number of amides is 1. The van der Waals surface area contributed by atoms with E-state index in [1.807, 2.05) is 4.90 Å². The van der Waals surface area contributed by atoms with Crippen molar-refractivity contribution in [1.29, 1.82) is 0 Å². The molecule has 78 valence electrons. The summed E-state index contributed by atoms with van der Waals surface area (Å²) in [5.41, 5.74) is -0.0867. The zero-order valence-electron chi connectivity index (χ0n) is 8.75. The van der Waals surface area contributed by atoms with Crippen LogP contribution in [-0.4, -0.2) is 29.6 Å². The van der Waals surface area contributed by atoms with E-state index >= 15 is 0 Å². The van der Waals surface area contributed by atoms with Gasteiger partial charge in [-0.3, -0.25) is 10.1 Å². The molecule has 0 aromatic carbocycles. The fraction of sp³-hybridized carbons (Fsp3) is 0.909. The Hall–Kier alpha value is -0.570. The Morgan fingerprint density at radius 2 is 2.29 bits per heavy atom. The summed E-state index contributed by atoms with van der Waals surface area (Å²) in [7, 11) is 0. The lowest BCUT2D eigenvalue weighted by Crippen LogP contribution is -2.33. The maximum Gasteiger partial charge on any atom is 0.243 e. The zero-order chi connectivity index (χ0) is 9.76. The van der Waals surface area contributed by atoms with Gasteiger partial charge in [0.1, 0.15) is 0 Å². The topological polar surface area (TPSA) is 32.3 Å². The van der Waals surface area contributed by atoms with Crippen LogP contribution >= 0.6 is 0 Å². The largest absolute Gasteiger partial charge is 0.328 e. The van der Waals surface area contributed by atoms with Gasteiger partial charge < -0.3 is 4.90 Å². The molecule has 3 aliphatic rings. The molecular weight excluding hydrogens is 176 g/mol. The van der Waals surface area contributed by atoms with Gasteiger partial charge in [0, 0.05) is 6.54 Å². The fourth-order valence-corrected chi connectivity index (χ4v) is 2.68. The minimum atomic E-state index is -0.0867. The summed E-state index contributed by atoms with van der Waals surface area (Å²) < 4.78 is 0. The highest BCUT2D eigenvalue weighted by molar-refractivity contribution is 5.91. The monoisotopic (exact) mass is 194 g/mol. The quantitative estimate of drug-likeness (QED) is 0.725. The average molecular weight is 194 g/mol. The van der Waals surface area contributed by atoms with Gasteiger partial charge in [0.05, 0.1) is 12.2 Å². The Morgan fingerprint density at radius 1 is 1.50 bits per heavy atom. The van der Waals surface area contributed by atoms with Crippen molar-refractivity contribution in [2.24, 2.45) is 11.8 Å². The molecule has 1 amide bonds. The molecule has 1 aliphatic heterocycles. The third kappa shape index (κ3) is 1.18. The van der Waals surface area contributed by atoms with E-state index in [2.05, 4.69) is 12.2 Å². The van der Waals surface area contributed by atoms with Crippen LogP contribution < -0.4 is 5.32 Å². The second-order valence-corrected chi connectivity index (χ2v) is 5.11. The number of carbonyl (C=O) groups excluding carboxylic acids is 1. The summed E-state index contributed by atoms with van der Waals surface area (Å²) in [6.07, 6.45) is 4.74. The van der Waals surface area contributed by atoms with Crippen LogP contribution in [0, 0.1) is 11.8 Å². The number of nitrogens with zero attached hydrogens (tertiary/aromatic N) is 1. The second kappa shape index (κ2) is 2.72. The maximum atomic E-state index is 11.9. The van der Waals surface area contributed by atoms with Crippen LogP contribution in [0.3, 0.4) is 0 Å². The number of nitrogens with one attached hydrogen (secondary N) is 1. The first-order valence-electron chi connectivity index (χ1n) is 5.79. The maximum absolute atomic E-state index is 11.9. The van der Waals surface area contributed by atoms with Crippen LogP contribution in [0.25, 0.3) is 0 Å². The minimum Gasteiger partial charge on any atom is -0.328 e. The second-order valence-electron chi connectivity index (χ2n) is 5.11. The van der Waals surface area contributed by atoms with Crippen molar-refractivity contribution < 1.29 is 4.79 Å². The van der Waals surface area contributed by atoms with E-state index in [9.17, 15) is 4.79 Å². The lowest BCUT2D eigenvalue weighted by Gasteiger charge is -2.14. The molecule has 14 heavy (non-hydrogen) atoms. The highest BCUT2D eigenvalue weighted by Crippen LogP contribution is 2.44. The lowest BCUT2D eigenvalue weighted by atomic mass is 10.2. The summed E-state index contributed by atoms with van der Waals surface area (Å²) in [4.78, 5) is 13.9. The molecule has 1 heterocycles. The van der Waals surface area contributed by atoms with Gasteiger partial charge in [0.15, 0.2) is 0 Å². The first kappa shape index (κ1) is 8.72. The normalized spacial score (nSPS) is 38.1. The molecule has 0 bridgehead atoms. The smallest absolute Gasteiger partial charge is 0.243 e. The summed E-state index contributed by atoms with van der Waals surface area (Å²) in [6.45, 7) is 4.05. The molecule has 0 aromatic heterocycles. The highest BCUT2D eigenvalue weighted by Gasteiger charge is 2.56. The first-order chi connectivity index (χ1) is 6.75. The van der Waals surface area contributed by atoms with E-state index in [0.717, 1.165) is 37.9 Å². The van der Waals surface area contributed by atoms with Gasteiger partial charge in [-0.25, -0.2) is 0 Å². The molecule has 2 atom stereocenters. The van der Waals surface area contributed by atoms with Crippen LogP contribution in [0.5, 0.6) is 0 Å². The van der Waals surface area contributed by atoms with Crippen molar-refractivity contribution in [3.8, 4) is 0 Å². The third-order valence-corrected chi connectivity index (χ3v) is 4.10. The molecule has 1 saturated heterocycles. The van der Waals surface area contributed by atoms with E-state index in [1.54, 1.807) is 0 Å². The van der Waals surface area contributed by atoms with Gasteiger partial charge in [-0.15, -0.1) is 0 Å². The van der Waals surface area contributed by atoms with Gasteiger partial charge in [0.2, 0.25) is 5.91 Å². The Balaban J connectivity index is 1.57.